The molecule has 0 atom stereocenters. The van der Waals surface area contributed by atoms with Gasteiger partial charge in [-0.15, -0.1) is 0 Å². The third kappa shape index (κ3) is 4.00. The largest absolute Gasteiger partial charge is 0.328 e. The van der Waals surface area contributed by atoms with Crippen molar-refractivity contribution in [2.75, 3.05) is 6.54 Å². The van der Waals surface area contributed by atoms with Gasteiger partial charge in [0.15, 0.2) is 5.84 Å². The van der Waals surface area contributed by atoms with E-state index in [-0.39, 0.29) is 5.84 Å². The molecule has 0 aliphatic carbocycles. The average molecular weight is 392 g/mol. The number of halogens is 3. The lowest BCUT2D eigenvalue weighted by Gasteiger charge is -2.27. The van der Waals surface area contributed by atoms with E-state index in [4.69, 9.17) is 0 Å². The van der Waals surface area contributed by atoms with E-state index in [1.807, 2.05) is 54.6 Å². The topological polar surface area (TPSA) is 27.6 Å². The molecule has 2 aromatic carbocycles. The van der Waals surface area contributed by atoms with Gasteiger partial charge in [0, 0.05) is 22.8 Å². The molecule has 3 rings (SSSR count). The van der Waals surface area contributed by atoms with Gasteiger partial charge >= 0.3 is 0 Å². The van der Waals surface area contributed by atoms with Crippen LogP contribution in [0.1, 0.15) is 11.1 Å². The molecule has 0 saturated carbocycles. The first-order valence-corrected chi connectivity index (χ1v) is 8.33. The highest BCUT2D eigenvalue weighted by Gasteiger charge is 2.24. The van der Waals surface area contributed by atoms with Gasteiger partial charge in [0.2, 0.25) is 0 Å². The minimum Gasteiger partial charge on any atom is -0.328 e. The van der Waals surface area contributed by atoms with Gasteiger partial charge < -0.3 is 4.90 Å². The molecule has 124 valence electrons. The Morgan fingerprint density at radius 2 is 1.88 bits per heavy atom. The van der Waals surface area contributed by atoms with Crippen LogP contribution in [-0.2, 0) is 6.42 Å². The lowest BCUT2D eigenvalue weighted by atomic mass is 10.1. The van der Waals surface area contributed by atoms with Crippen LogP contribution in [0.25, 0.3) is 5.70 Å². The first-order chi connectivity index (χ1) is 11.6. The minimum atomic E-state index is -2.63. The number of rotatable bonds is 5. The van der Waals surface area contributed by atoms with Gasteiger partial charge in [-0.3, -0.25) is 5.43 Å². The number of alkyl halides is 2. The van der Waals surface area contributed by atoms with Crippen LogP contribution in [0.5, 0.6) is 0 Å². The molecular formula is C18H16BrF2N3. The van der Waals surface area contributed by atoms with Gasteiger partial charge in [-0.1, -0.05) is 58.4 Å². The predicted octanol–water partition coefficient (Wildman–Crippen LogP) is 4.47. The van der Waals surface area contributed by atoms with Crippen LogP contribution in [0.2, 0.25) is 0 Å². The second-order valence-corrected chi connectivity index (χ2v) is 6.28. The molecule has 0 amide bonds. The molecule has 1 N–H and O–H groups in total. The molecule has 0 unspecified atom stereocenters. The Kier molecular flexibility index (Phi) is 5.25. The van der Waals surface area contributed by atoms with Gasteiger partial charge in [-0.2, -0.15) is 5.10 Å². The van der Waals surface area contributed by atoms with E-state index in [1.54, 1.807) is 6.20 Å². The molecule has 2 aromatic rings. The molecule has 24 heavy (non-hydrogen) atoms. The van der Waals surface area contributed by atoms with E-state index in [1.165, 1.54) is 4.90 Å². The van der Waals surface area contributed by atoms with Crippen molar-refractivity contribution < 1.29 is 8.78 Å². The summed E-state index contributed by atoms with van der Waals surface area (Å²) in [5.74, 6) is -0.260. The minimum absolute atomic E-state index is 0.260. The monoisotopic (exact) mass is 391 g/mol. The Morgan fingerprint density at radius 1 is 1.08 bits per heavy atom. The summed E-state index contributed by atoms with van der Waals surface area (Å²) in [5.41, 5.74) is 5.40. The summed E-state index contributed by atoms with van der Waals surface area (Å²) in [6.07, 6.45) is -0.276. The van der Waals surface area contributed by atoms with Crippen LogP contribution >= 0.6 is 15.9 Å². The fraction of sp³-hybridized carbons (Fsp3) is 0.167. The number of hydrogen-bond donors (Lipinski definition) is 1. The van der Waals surface area contributed by atoms with Crippen LogP contribution in [-0.4, -0.2) is 23.7 Å². The highest BCUT2D eigenvalue weighted by Crippen LogP contribution is 2.21. The number of hydrazone groups is 1. The number of benzene rings is 2. The van der Waals surface area contributed by atoms with Crippen molar-refractivity contribution in [2.45, 2.75) is 12.8 Å². The maximum Gasteiger partial charge on any atom is 0.297 e. The van der Waals surface area contributed by atoms with E-state index in [0.717, 1.165) is 15.6 Å². The van der Waals surface area contributed by atoms with Crippen LogP contribution < -0.4 is 5.43 Å². The van der Waals surface area contributed by atoms with Crippen molar-refractivity contribution >= 4 is 27.5 Å². The summed E-state index contributed by atoms with van der Waals surface area (Å²) in [5, 5.41) is 3.87. The number of amidine groups is 1. The summed E-state index contributed by atoms with van der Waals surface area (Å²) in [7, 11) is 0. The first kappa shape index (κ1) is 16.6. The Morgan fingerprint density at radius 3 is 2.58 bits per heavy atom. The lowest BCUT2D eigenvalue weighted by Crippen LogP contribution is -2.38. The molecule has 0 fully saturated rings. The van der Waals surface area contributed by atoms with E-state index in [9.17, 15) is 8.78 Å². The second-order valence-electron chi connectivity index (χ2n) is 5.36. The van der Waals surface area contributed by atoms with E-state index < -0.39 is 6.43 Å². The number of nitrogens with zero attached hydrogens (tertiary/aromatic N) is 2. The second kappa shape index (κ2) is 7.57. The Bertz CT molecular complexity index is 760. The molecule has 0 aromatic heterocycles. The van der Waals surface area contributed by atoms with Crippen LogP contribution in [0.3, 0.4) is 0 Å². The summed E-state index contributed by atoms with van der Waals surface area (Å²) in [6, 6.07) is 17.4. The SMILES string of the molecule is FC(F)C1=NNC(c2cccc(Br)c2)=CN1CCc1ccccc1. The molecule has 0 saturated heterocycles. The van der Waals surface area contributed by atoms with Gasteiger partial charge in [-0.05, 0) is 24.1 Å². The van der Waals surface area contributed by atoms with Crippen LogP contribution in [0, 0.1) is 0 Å². The van der Waals surface area contributed by atoms with Crippen LogP contribution in [0.15, 0.2) is 70.4 Å². The third-order valence-electron chi connectivity index (χ3n) is 3.69. The van der Waals surface area contributed by atoms with Crippen molar-refractivity contribution in [3.63, 3.8) is 0 Å². The van der Waals surface area contributed by atoms with Crippen molar-refractivity contribution in [2.24, 2.45) is 5.10 Å². The summed E-state index contributed by atoms with van der Waals surface area (Å²) in [4.78, 5) is 1.52. The zero-order chi connectivity index (χ0) is 16.9. The van der Waals surface area contributed by atoms with Crippen molar-refractivity contribution in [3.8, 4) is 0 Å². The molecule has 0 bridgehead atoms. The molecule has 1 aliphatic rings. The fourth-order valence-electron chi connectivity index (χ4n) is 2.48. The quantitative estimate of drug-likeness (QED) is 0.813. The van der Waals surface area contributed by atoms with Crippen molar-refractivity contribution in [1.29, 1.82) is 0 Å². The summed E-state index contributed by atoms with van der Waals surface area (Å²) < 4.78 is 27.4. The highest BCUT2D eigenvalue weighted by molar-refractivity contribution is 9.10. The Hall–Kier alpha value is -2.21. The normalized spacial score (nSPS) is 14.2. The zero-order valence-electron chi connectivity index (χ0n) is 12.8. The van der Waals surface area contributed by atoms with E-state index in [0.29, 0.717) is 18.7 Å². The van der Waals surface area contributed by atoms with Crippen molar-refractivity contribution in [1.82, 2.24) is 10.3 Å². The first-order valence-electron chi connectivity index (χ1n) is 7.53. The third-order valence-corrected chi connectivity index (χ3v) is 4.18. The van der Waals surface area contributed by atoms with E-state index in [2.05, 4.69) is 26.5 Å². The van der Waals surface area contributed by atoms with Gasteiger partial charge in [0.25, 0.3) is 6.43 Å². The van der Waals surface area contributed by atoms with Crippen molar-refractivity contribution in [3.05, 3.63) is 76.4 Å². The smallest absolute Gasteiger partial charge is 0.297 e. The molecule has 0 spiro atoms. The summed E-state index contributed by atoms with van der Waals surface area (Å²) >= 11 is 3.42. The number of nitrogens with one attached hydrogen (secondary N) is 1. The maximum absolute atomic E-state index is 13.2. The molecular weight excluding hydrogens is 376 g/mol. The molecule has 1 aliphatic heterocycles. The van der Waals surface area contributed by atoms with E-state index >= 15 is 0 Å². The van der Waals surface area contributed by atoms with Gasteiger partial charge in [0.05, 0.1) is 5.70 Å². The number of hydrogen-bond acceptors (Lipinski definition) is 3. The zero-order valence-corrected chi connectivity index (χ0v) is 14.4. The Balaban J connectivity index is 1.81. The fourth-order valence-corrected chi connectivity index (χ4v) is 2.87. The molecule has 0 radical (unpaired) electrons. The van der Waals surface area contributed by atoms with Gasteiger partial charge in [-0.25, -0.2) is 8.78 Å². The average Bonchev–Trinajstić information content (AvgIpc) is 2.60. The lowest BCUT2D eigenvalue weighted by molar-refractivity contribution is 0.207. The molecule has 6 heteroatoms. The van der Waals surface area contributed by atoms with Crippen LogP contribution in [0.4, 0.5) is 8.78 Å². The molecule has 3 nitrogen and oxygen atoms in total. The predicted molar refractivity (Wildman–Crippen MR) is 95.5 cm³/mol. The maximum atomic E-state index is 13.2. The Labute approximate surface area is 147 Å². The highest BCUT2D eigenvalue weighted by atomic mass is 79.9. The molecule has 1 heterocycles. The standard InChI is InChI=1S/C18H16BrF2N3/c19-15-8-4-7-14(11-15)16-12-24(18(17(20)21)23-22-16)10-9-13-5-2-1-3-6-13/h1-8,11-12,17,22H,9-10H2. The van der Waals surface area contributed by atoms with Gasteiger partial charge in [0.1, 0.15) is 0 Å². The summed E-state index contributed by atoms with van der Waals surface area (Å²) in [6.45, 7) is 0.437.